The Morgan fingerprint density at radius 2 is 1.89 bits per heavy atom. The highest BCUT2D eigenvalue weighted by Gasteiger charge is 2.23. The summed E-state index contributed by atoms with van der Waals surface area (Å²) in [4.78, 5) is 4.34. The molecule has 2 aromatic rings. The molecular weight excluding hydrogens is 242 g/mol. The Bertz CT molecular complexity index is 541. The van der Waals surface area contributed by atoms with E-state index in [1.807, 2.05) is 32.9 Å². The average molecular weight is 261 g/mol. The number of nitrogens with zero attached hydrogens (tertiary/aromatic N) is 2. The monoisotopic (exact) mass is 261 g/mol. The van der Waals surface area contributed by atoms with Crippen molar-refractivity contribution in [3.63, 3.8) is 0 Å². The Hall–Kier alpha value is -1.88. The lowest BCUT2D eigenvalue weighted by Gasteiger charge is -2.11. The van der Waals surface area contributed by atoms with Crippen LogP contribution >= 0.6 is 0 Å². The fourth-order valence-corrected chi connectivity index (χ4v) is 1.66. The number of hydrogen-bond acceptors (Lipinski definition) is 5. The maximum absolute atomic E-state index is 9.23. The van der Waals surface area contributed by atoms with Gasteiger partial charge in [-0.1, -0.05) is 38.1 Å². The van der Waals surface area contributed by atoms with Gasteiger partial charge in [-0.3, -0.25) is 0 Å². The summed E-state index contributed by atoms with van der Waals surface area (Å²) in [5.41, 5.74) is 6.92. The Morgan fingerprint density at radius 1 is 1.26 bits per heavy atom. The number of rotatable bonds is 3. The van der Waals surface area contributed by atoms with E-state index >= 15 is 0 Å². The predicted octanol–water partition coefficient (Wildman–Crippen LogP) is 2.32. The number of phenolic OH excluding ortho intramolecular Hbond substituents is 1. The van der Waals surface area contributed by atoms with Crippen molar-refractivity contribution in [1.82, 2.24) is 10.1 Å². The smallest absolute Gasteiger partial charge is 0.243 e. The molecule has 1 heterocycles. The third-order valence-corrected chi connectivity index (χ3v) is 2.82. The molecule has 19 heavy (non-hydrogen) atoms. The zero-order valence-electron chi connectivity index (χ0n) is 11.4. The summed E-state index contributed by atoms with van der Waals surface area (Å²) in [5.74, 6) is 1.34. The molecule has 1 aromatic heterocycles. The van der Waals surface area contributed by atoms with Gasteiger partial charge in [0.25, 0.3) is 0 Å². The summed E-state index contributed by atoms with van der Waals surface area (Å²) in [6, 6.07) is 6.59. The number of phenols is 1. The van der Waals surface area contributed by atoms with Crippen LogP contribution in [-0.2, 0) is 11.8 Å². The second kappa shape index (κ2) is 5.01. The third kappa shape index (κ3) is 3.32. The molecule has 0 bridgehead atoms. The van der Waals surface area contributed by atoms with Crippen LogP contribution in [-0.4, -0.2) is 15.2 Å². The average Bonchev–Trinajstić information content (AvgIpc) is 2.81. The first kappa shape index (κ1) is 13.5. The lowest BCUT2D eigenvalue weighted by Crippen LogP contribution is -2.16. The van der Waals surface area contributed by atoms with E-state index in [0.29, 0.717) is 18.1 Å². The van der Waals surface area contributed by atoms with Crippen LogP contribution in [0.25, 0.3) is 0 Å². The molecule has 1 atom stereocenters. The second-order valence-electron chi connectivity index (χ2n) is 5.68. The van der Waals surface area contributed by atoms with Crippen LogP contribution in [0.4, 0.5) is 0 Å². The van der Waals surface area contributed by atoms with E-state index in [-0.39, 0.29) is 17.2 Å². The van der Waals surface area contributed by atoms with Crippen molar-refractivity contribution in [3.8, 4) is 5.75 Å². The fraction of sp³-hybridized carbons (Fsp3) is 0.429. The lowest BCUT2D eigenvalue weighted by atomic mass is 9.96. The first-order valence-corrected chi connectivity index (χ1v) is 6.24. The fourth-order valence-electron chi connectivity index (χ4n) is 1.66. The second-order valence-corrected chi connectivity index (χ2v) is 5.68. The van der Waals surface area contributed by atoms with E-state index in [4.69, 9.17) is 10.3 Å². The van der Waals surface area contributed by atoms with E-state index in [1.165, 1.54) is 0 Å². The van der Waals surface area contributed by atoms with Crippen LogP contribution in [0.2, 0.25) is 0 Å². The minimum atomic E-state index is -0.340. The van der Waals surface area contributed by atoms with Crippen molar-refractivity contribution in [1.29, 1.82) is 0 Å². The summed E-state index contributed by atoms with van der Waals surface area (Å²) in [5, 5.41) is 13.2. The largest absolute Gasteiger partial charge is 0.508 e. The van der Waals surface area contributed by atoms with Crippen molar-refractivity contribution >= 4 is 0 Å². The Morgan fingerprint density at radius 3 is 2.42 bits per heavy atom. The van der Waals surface area contributed by atoms with Gasteiger partial charge in [0.15, 0.2) is 5.82 Å². The summed E-state index contributed by atoms with van der Waals surface area (Å²) in [7, 11) is 0. The molecule has 102 valence electrons. The zero-order chi connectivity index (χ0) is 14.0. The molecule has 0 saturated carbocycles. The summed E-state index contributed by atoms with van der Waals surface area (Å²) in [6.07, 6.45) is 0.589. The van der Waals surface area contributed by atoms with Gasteiger partial charge in [0.05, 0.1) is 6.04 Å². The van der Waals surface area contributed by atoms with Crippen LogP contribution < -0.4 is 5.73 Å². The molecule has 0 amide bonds. The van der Waals surface area contributed by atoms with Gasteiger partial charge in [-0.2, -0.15) is 4.98 Å². The van der Waals surface area contributed by atoms with E-state index in [0.717, 1.165) is 5.56 Å². The molecule has 0 radical (unpaired) electrons. The first-order valence-electron chi connectivity index (χ1n) is 6.24. The van der Waals surface area contributed by atoms with E-state index in [2.05, 4.69) is 10.1 Å². The predicted molar refractivity (Wildman–Crippen MR) is 71.7 cm³/mol. The number of aromatic nitrogens is 2. The van der Waals surface area contributed by atoms with Gasteiger partial charge >= 0.3 is 0 Å². The minimum absolute atomic E-state index is 0.153. The Kier molecular flexibility index (Phi) is 3.57. The maximum Gasteiger partial charge on any atom is 0.243 e. The van der Waals surface area contributed by atoms with Crippen molar-refractivity contribution in [3.05, 3.63) is 41.5 Å². The number of aromatic hydroxyl groups is 1. The SMILES string of the molecule is CC(C)(C)c1noc(C(N)Cc2ccc(O)cc2)n1. The molecule has 0 aliphatic carbocycles. The van der Waals surface area contributed by atoms with Crippen LogP contribution in [0, 0.1) is 0 Å². The molecule has 0 aliphatic rings. The Labute approximate surface area is 112 Å². The molecule has 0 spiro atoms. The topological polar surface area (TPSA) is 85.2 Å². The third-order valence-electron chi connectivity index (χ3n) is 2.82. The van der Waals surface area contributed by atoms with Crippen molar-refractivity contribution in [2.24, 2.45) is 5.73 Å². The first-order chi connectivity index (χ1) is 8.86. The zero-order valence-corrected chi connectivity index (χ0v) is 11.4. The lowest BCUT2D eigenvalue weighted by molar-refractivity contribution is 0.343. The normalized spacial score (nSPS) is 13.5. The Balaban J connectivity index is 2.09. The van der Waals surface area contributed by atoms with Crippen LogP contribution in [0.15, 0.2) is 28.8 Å². The molecule has 3 N–H and O–H groups in total. The summed E-state index contributed by atoms with van der Waals surface area (Å²) < 4.78 is 5.21. The van der Waals surface area contributed by atoms with Crippen molar-refractivity contribution in [2.75, 3.05) is 0 Å². The number of nitrogens with two attached hydrogens (primary N) is 1. The highest BCUT2D eigenvalue weighted by molar-refractivity contribution is 5.26. The molecule has 5 heteroatoms. The van der Waals surface area contributed by atoms with Gasteiger partial charge in [-0.15, -0.1) is 0 Å². The highest BCUT2D eigenvalue weighted by Crippen LogP contribution is 2.22. The maximum atomic E-state index is 9.23. The molecule has 0 fully saturated rings. The standard InChI is InChI=1S/C14H19N3O2/c1-14(2,3)13-16-12(19-17-13)11(15)8-9-4-6-10(18)7-5-9/h4-7,11,18H,8,15H2,1-3H3. The van der Waals surface area contributed by atoms with Crippen molar-refractivity contribution in [2.45, 2.75) is 38.6 Å². The van der Waals surface area contributed by atoms with E-state index in [1.54, 1.807) is 12.1 Å². The van der Waals surface area contributed by atoms with Gasteiger partial charge in [0.1, 0.15) is 5.75 Å². The minimum Gasteiger partial charge on any atom is -0.508 e. The quantitative estimate of drug-likeness (QED) is 0.885. The molecule has 0 aliphatic heterocycles. The number of hydrogen-bond donors (Lipinski definition) is 2. The van der Waals surface area contributed by atoms with Gasteiger partial charge in [0, 0.05) is 5.41 Å². The molecule has 0 saturated heterocycles. The van der Waals surface area contributed by atoms with Gasteiger partial charge in [0.2, 0.25) is 5.89 Å². The molecule has 1 aromatic carbocycles. The van der Waals surface area contributed by atoms with E-state index < -0.39 is 0 Å². The van der Waals surface area contributed by atoms with Crippen LogP contribution in [0.3, 0.4) is 0 Å². The summed E-state index contributed by atoms with van der Waals surface area (Å²) in [6.45, 7) is 6.06. The summed E-state index contributed by atoms with van der Waals surface area (Å²) >= 11 is 0. The van der Waals surface area contributed by atoms with Crippen LogP contribution in [0.5, 0.6) is 5.75 Å². The number of benzene rings is 1. The highest BCUT2D eigenvalue weighted by atomic mass is 16.5. The van der Waals surface area contributed by atoms with Crippen molar-refractivity contribution < 1.29 is 9.63 Å². The molecular formula is C14H19N3O2. The van der Waals surface area contributed by atoms with Crippen LogP contribution in [0.1, 0.15) is 44.1 Å². The molecule has 5 nitrogen and oxygen atoms in total. The van der Waals surface area contributed by atoms with Gasteiger partial charge < -0.3 is 15.4 Å². The molecule has 2 rings (SSSR count). The van der Waals surface area contributed by atoms with E-state index in [9.17, 15) is 5.11 Å². The molecule has 1 unspecified atom stereocenters. The van der Waals surface area contributed by atoms with Gasteiger partial charge in [-0.25, -0.2) is 0 Å². The van der Waals surface area contributed by atoms with Gasteiger partial charge in [-0.05, 0) is 24.1 Å².